The summed E-state index contributed by atoms with van der Waals surface area (Å²) in [6.45, 7) is 5.12. The van der Waals surface area contributed by atoms with Crippen molar-refractivity contribution in [2.75, 3.05) is 7.11 Å². The van der Waals surface area contributed by atoms with Crippen molar-refractivity contribution in [3.8, 4) is 5.75 Å². The first-order valence-corrected chi connectivity index (χ1v) is 6.27. The van der Waals surface area contributed by atoms with Gasteiger partial charge in [-0.3, -0.25) is 10.1 Å². The van der Waals surface area contributed by atoms with Crippen molar-refractivity contribution in [2.45, 2.75) is 38.7 Å². The molecule has 0 bridgehead atoms. The van der Waals surface area contributed by atoms with E-state index in [9.17, 15) is 18.0 Å². The van der Waals surface area contributed by atoms with Gasteiger partial charge in [0.15, 0.2) is 0 Å². The van der Waals surface area contributed by atoms with Crippen molar-refractivity contribution in [2.24, 2.45) is 0 Å². The fourth-order valence-electron chi connectivity index (χ4n) is 1.90. The summed E-state index contributed by atoms with van der Waals surface area (Å²) in [5.74, 6) is -0.711. The van der Waals surface area contributed by atoms with Gasteiger partial charge in [-0.1, -0.05) is 12.1 Å². The number of nitrogens with one attached hydrogen (secondary N) is 1. The lowest BCUT2D eigenvalue weighted by atomic mass is 10.0. The average molecular weight is 305 g/mol. The number of carbonyl (C=O) groups is 1. The molecule has 0 heterocycles. The van der Waals surface area contributed by atoms with Crippen LogP contribution in [0.3, 0.4) is 0 Å². The van der Waals surface area contributed by atoms with E-state index < -0.39 is 17.9 Å². The van der Waals surface area contributed by atoms with Crippen LogP contribution in [0.15, 0.2) is 24.3 Å². The zero-order valence-electron chi connectivity index (χ0n) is 12.2. The van der Waals surface area contributed by atoms with E-state index in [0.29, 0.717) is 0 Å². The van der Waals surface area contributed by atoms with Gasteiger partial charge in [-0.2, -0.15) is 0 Å². The van der Waals surface area contributed by atoms with Gasteiger partial charge in [-0.05, 0) is 38.5 Å². The molecule has 1 aromatic rings. The number of carbonyl (C=O) groups excluding carboxylic acids is 1. The lowest BCUT2D eigenvalue weighted by Gasteiger charge is -2.27. The summed E-state index contributed by atoms with van der Waals surface area (Å²) in [6, 6.07) is 5.22. The maximum atomic E-state index is 12.1. The highest BCUT2D eigenvalue weighted by Gasteiger charge is 2.32. The molecular weight excluding hydrogens is 287 g/mol. The summed E-state index contributed by atoms with van der Waals surface area (Å²) in [5, 5.41) is 3.05. The predicted octanol–water partition coefficient (Wildman–Crippen LogP) is 3.19. The Balaban J connectivity index is 2.76. The molecule has 0 aliphatic carbocycles. The lowest BCUT2D eigenvalue weighted by Crippen LogP contribution is -2.48. The zero-order chi connectivity index (χ0) is 16.3. The number of halogens is 3. The second-order valence-corrected chi connectivity index (χ2v) is 5.10. The van der Waals surface area contributed by atoms with Crippen molar-refractivity contribution in [3.63, 3.8) is 0 Å². The molecule has 0 aliphatic heterocycles. The molecule has 4 nitrogen and oxygen atoms in total. The molecule has 1 N–H and O–H groups in total. The molecule has 0 amide bonds. The molecule has 7 heteroatoms. The Hall–Kier alpha value is -1.76. The number of alkyl halides is 3. The van der Waals surface area contributed by atoms with Crippen LogP contribution in [-0.2, 0) is 9.53 Å². The topological polar surface area (TPSA) is 47.6 Å². The van der Waals surface area contributed by atoms with E-state index in [1.165, 1.54) is 31.4 Å². The SMILES string of the molecule is COC(=O)C(C)(C)NC(C)c1ccc(OC(F)(F)F)cc1. The first-order chi connectivity index (χ1) is 9.55. The molecule has 0 spiro atoms. The molecule has 0 aliphatic rings. The van der Waals surface area contributed by atoms with Crippen LogP contribution in [0.1, 0.15) is 32.4 Å². The highest BCUT2D eigenvalue weighted by molar-refractivity contribution is 5.79. The van der Waals surface area contributed by atoms with Gasteiger partial charge in [0.05, 0.1) is 7.11 Å². The predicted molar refractivity (Wildman–Crippen MR) is 70.8 cm³/mol. The van der Waals surface area contributed by atoms with Crippen molar-refractivity contribution in [1.29, 1.82) is 0 Å². The van der Waals surface area contributed by atoms with E-state index in [1.54, 1.807) is 20.8 Å². The maximum Gasteiger partial charge on any atom is 0.573 e. The smallest absolute Gasteiger partial charge is 0.468 e. The summed E-state index contributed by atoms with van der Waals surface area (Å²) in [5.41, 5.74) is -0.184. The molecule has 0 saturated carbocycles. The molecule has 0 aromatic heterocycles. The third-order valence-corrected chi connectivity index (χ3v) is 2.89. The van der Waals surface area contributed by atoms with Gasteiger partial charge in [0.1, 0.15) is 11.3 Å². The Labute approximate surface area is 121 Å². The van der Waals surface area contributed by atoms with Crippen LogP contribution in [0.5, 0.6) is 5.75 Å². The largest absolute Gasteiger partial charge is 0.573 e. The fourth-order valence-corrected chi connectivity index (χ4v) is 1.90. The van der Waals surface area contributed by atoms with Gasteiger partial charge in [0, 0.05) is 6.04 Å². The molecule has 0 radical (unpaired) electrons. The van der Waals surface area contributed by atoms with E-state index in [1.807, 2.05) is 0 Å². The van der Waals surface area contributed by atoms with Crippen LogP contribution in [0.4, 0.5) is 13.2 Å². The Morgan fingerprint density at radius 1 is 1.19 bits per heavy atom. The molecule has 21 heavy (non-hydrogen) atoms. The van der Waals surface area contributed by atoms with Crippen molar-refractivity contribution in [3.05, 3.63) is 29.8 Å². The van der Waals surface area contributed by atoms with Crippen LogP contribution >= 0.6 is 0 Å². The summed E-state index contributed by atoms with van der Waals surface area (Å²) in [4.78, 5) is 11.6. The van der Waals surface area contributed by atoms with Crippen LogP contribution in [0.25, 0.3) is 0 Å². The minimum Gasteiger partial charge on any atom is -0.468 e. The molecule has 0 saturated heterocycles. The van der Waals surface area contributed by atoms with Gasteiger partial charge in [-0.15, -0.1) is 13.2 Å². The van der Waals surface area contributed by atoms with Crippen molar-refractivity contribution in [1.82, 2.24) is 5.32 Å². The summed E-state index contributed by atoms with van der Waals surface area (Å²) < 4.78 is 44.7. The van der Waals surface area contributed by atoms with Crippen LogP contribution in [0.2, 0.25) is 0 Å². The highest BCUT2D eigenvalue weighted by Crippen LogP contribution is 2.25. The number of hydrogen-bond donors (Lipinski definition) is 1. The quantitative estimate of drug-likeness (QED) is 0.849. The van der Waals surface area contributed by atoms with Crippen molar-refractivity contribution >= 4 is 5.97 Å². The first kappa shape index (κ1) is 17.3. The zero-order valence-corrected chi connectivity index (χ0v) is 12.2. The van der Waals surface area contributed by atoms with Gasteiger partial charge >= 0.3 is 12.3 Å². The van der Waals surface area contributed by atoms with Crippen LogP contribution in [-0.4, -0.2) is 25.0 Å². The molecule has 118 valence electrons. The van der Waals surface area contributed by atoms with Crippen molar-refractivity contribution < 1.29 is 27.4 Å². The molecule has 1 rings (SSSR count). The van der Waals surface area contributed by atoms with E-state index in [0.717, 1.165) is 5.56 Å². The first-order valence-electron chi connectivity index (χ1n) is 6.27. The second kappa shape index (κ2) is 6.34. The Bertz CT molecular complexity index is 483. The summed E-state index contributed by atoms with van der Waals surface area (Å²) >= 11 is 0. The monoisotopic (exact) mass is 305 g/mol. The molecule has 0 fully saturated rings. The number of ether oxygens (including phenoxy) is 2. The lowest BCUT2D eigenvalue weighted by molar-refractivity contribution is -0.274. The maximum absolute atomic E-state index is 12.1. The number of benzene rings is 1. The van der Waals surface area contributed by atoms with Crippen LogP contribution in [0, 0.1) is 0 Å². The van der Waals surface area contributed by atoms with E-state index in [2.05, 4.69) is 14.8 Å². The van der Waals surface area contributed by atoms with Gasteiger partial charge < -0.3 is 9.47 Å². The standard InChI is InChI=1S/C14H18F3NO3/c1-9(18-13(2,3)12(19)20-4)10-5-7-11(8-6-10)21-14(15,16)17/h5-9,18H,1-4H3. The third kappa shape index (κ3) is 5.26. The fraction of sp³-hybridized carbons (Fsp3) is 0.500. The normalized spacial score (nSPS) is 13.7. The number of esters is 1. The van der Waals surface area contributed by atoms with E-state index >= 15 is 0 Å². The number of rotatable bonds is 5. The number of hydrogen-bond acceptors (Lipinski definition) is 4. The van der Waals surface area contributed by atoms with Gasteiger partial charge in [0.2, 0.25) is 0 Å². The minimum atomic E-state index is -4.71. The van der Waals surface area contributed by atoms with Gasteiger partial charge in [0.25, 0.3) is 0 Å². The molecule has 1 atom stereocenters. The highest BCUT2D eigenvalue weighted by atomic mass is 19.4. The second-order valence-electron chi connectivity index (χ2n) is 5.10. The van der Waals surface area contributed by atoms with E-state index in [-0.39, 0.29) is 11.8 Å². The number of methoxy groups -OCH3 is 1. The summed E-state index contributed by atoms with van der Waals surface area (Å²) in [6.07, 6.45) is -4.71. The Morgan fingerprint density at radius 2 is 1.71 bits per heavy atom. The van der Waals surface area contributed by atoms with E-state index in [4.69, 9.17) is 0 Å². The molecule has 1 aromatic carbocycles. The average Bonchev–Trinajstić information content (AvgIpc) is 2.36. The minimum absolute atomic E-state index is 0.251. The molecular formula is C14H18F3NO3. The Morgan fingerprint density at radius 3 is 2.14 bits per heavy atom. The van der Waals surface area contributed by atoms with Crippen LogP contribution < -0.4 is 10.1 Å². The summed E-state index contributed by atoms with van der Waals surface area (Å²) in [7, 11) is 1.29. The molecule has 1 unspecified atom stereocenters. The van der Waals surface area contributed by atoms with Gasteiger partial charge in [-0.25, -0.2) is 0 Å². The third-order valence-electron chi connectivity index (χ3n) is 2.89. The Kier molecular flexibility index (Phi) is 5.22.